The molecule has 7 heteroatoms. The number of esters is 1. The van der Waals surface area contributed by atoms with Crippen molar-refractivity contribution >= 4 is 17.8 Å². The van der Waals surface area contributed by atoms with Crippen molar-refractivity contribution in [3.63, 3.8) is 0 Å². The van der Waals surface area contributed by atoms with Gasteiger partial charge in [-0.1, -0.05) is 42.5 Å². The van der Waals surface area contributed by atoms with E-state index in [0.717, 1.165) is 11.1 Å². The van der Waals surface area contributed by atoms with Gasteiger partial charge < -0.3 is 20.1 Å². The van der Waals surface area contributed by atoms with E-state index in [0.29, 0.717) is 31.7 Å². The van der Waals surface area contributed by atoms with Gasteiger partial charge in [-0.25, -0.2) is 0 Å². The third kappa shape index (κ3) is 4.97. The first-order chi connectivity index (χ1) is 14.4. The highest BCUT2D eigenvalue weighted by molar-refractivity contribution is 5.84. The molecule has 0 aromatic heterocycles. The van der Waals surface area contributed by atoms with Gasteiger partial charge in [-0.2, -0.15) is 0 Å². The second-order valence-corrected chi connectivity index (χ2v) is 7.43. The number of likely N-dealkylation sites (tertiary alicyclic amines) is 1. The summed E-state index contributed by atoms with van der Waals surface area (Å²) in [5.41, 5.74) is 5.96. The van der Waals surface area contributed by atoms with E-state index >= 15 is 0 Å². The molecule has 0 radical (unpaired) electrons. The lowest BCUT2D eigenvalue weighted by Gasteiger charge is -2.40. The number of hydrogen-bond donors (Lipinski definition) is 1. The Morgan fingerprint density at radius 3 is 2.37 bits per heavy atom. The fraction of sp³-hybridized carbons (Fsp3) is 0.348. The van der Waals surface area contributed by atoms with E-state index in [1.165, 1.54) is 0 Å². The molecular weight excluding hydrogens is 384 g/mol. The molecule has 0 spiro atoms. The molecule has 2 aromatic carbocycles. The number of nitrogens with zero attached hydrogens (tertiary/aromatic N) is 1. The number of nitrogens with two attached hydrogens (primary N) is 1. The number of rotatable bonds is 7. The van der Waals surface area contributed by atoms with Crippen LogP contribution in [0.4, 0.5) is 0 Å². The molecular formula is C23H26N2O5. The smallest absolute Gasteiger partial charge is 0.317 e. The summed E-state index contributed by atoms with van der Waals surface area (Å²) in [6.07, 6.45) is 1.02. The molecule has 30 heavy (non-hydrogen) atoms. The molecule has 2 N–H and O–H groups in total. The van der Waals surface area contributed by atoms with E-state index in [1.807, 2.05) is 36.4 Å². The summed E-state index contributed by atoms with van der Waals surface area (Å²) < 4.78 is 11.0. The fourth-order valence-corrected chi connectivity index (χ4v) is 3.74. The normalized spacial score (nSPS) is 15.3. The summed E-state index contributed by atoms with van der Waals surface area (Å²) in [6, 6.07) is 16.6. The zero-order valence-corrected chi connectivity index (χ0v) is 17.0. The number of primary amides is 1. The van der Waals surface area contributed by atoms with Gasteiger partial charge in [-0.15, -0.1) is 0 Å². The lowest BCUT2D eigenvalue weighted by molar-refractivity contribution is -0.155. The average molecular weight is 410 g/mol. The van der Waals surface area contributed by atoms with Crippen molar-refractivity contribution in [2.45, 2.75) is 31.8 Å². The Labute approximate surface area is 175 Å². The van der Waals surface area contributed by atoms with Crippen molar-refractivity contribution in [3.8, 4) is 5.75 Å². The molecule has 0 saturated carbocycles. The van der Waals surface area contributed by atoms with Crippen LogP contribution in [0.15, 0.2) is 54.6 Å². The van der Waals surface area contributed by atoms with E-state index in [2.05, 4.69) is 0 Å². The molecule has 1 heterocycles. The third-order valence-corrected chi connectivity index (χ3v) is 5.43. The first-order valence-corrected chi connectivity index (χ1v) is 9.89. The van der Waals surface area contributed by atoms with Crippen LogP contribution in [0.3, 0.4) is 0 Å². The Hall–Kier alpha value is -3.35. The molecule has 1 aliphatic rings. The van der Waals surface area contributed by atoms with Crippen molar-refractivity contribution < 1.29 is 23.9 Å². The number of piperidine rings is 1. The van der Waals surface area contributed by atoms with E-state index in [-0.39, 0.29) is 25.1 Å². The van der Waals surface area contributed by atoms with Crippen molar-refractivity contribution in [3.05, 3.63) is 65.7 Å². The maximum Gasteiger partial charge on any atom is 0.317 e. The molecule has 1 fully saturated rings. The van der Waals surface area contributed by atoms with Crippen LogP contribution in [0, 0.1) is 0 Å². The standard InChI is InChI=1S/C23H26N2O5/c1-17(26)25-12-10-23(11-13-25,19-7-3-2-4-8-19)22(28)30-15-18-6-5-9-20(14-18)29-16-21(24)27/h2-9,14H,10-13,15-16H2,1H3,(H2,24,27). The van der Waals surface area contributed by atoms with Crippen molar-refractivity contribution in [2.75, 3.05) is 19.7 Å². The Morgan fingerprint density at radius 2 is 1.73 bits per heavy atom. The van der Waals surface area contributed by atoms with Crippen molar-refractivity contribution in [2.24, 2.45) is 5.73 Å². The van der Waals surface area contributed by atoms with E-state index in [1.54, 1.807) is 30.0 Å². The highest BCUT2D eigenvalue weighted by atomic mass is 16.5. The van der Waals surface area contributed by atoms with Gasteiger partial charge in [-0.3, -0.25) is 14.4 Å². The molecule has 3 rings (SSSR count). The minimum Gasteiger partial charge on any atom is -0.484 e. The Morgan fingerprint density at radius 1 is 1.03 bits per heavy atom. The topological polar surface area (TPSA) is 98.9 Å². The number of ether oxygens (including phenoxy) is 2. The van der Waals surface area contributed by atoms with Crippen molar-refractivity contribution in [1.29, 1.82) is 0 Å². The zero-order valence-electron chi connectivity index (χ0n) is 17.0. The van der Waals surface area contributed by atoms with Crippen LogP contribution in [0.1, 0.15) is 30.9 Å². The lowest BCUT2D eigenvalue weighted by Crippen LogP contribution is -2.49. The van der Waals surface area contributed by atoms with Crippen LogP contribution in [-0.2, 0) is 31.1 Å². The van der Waals surface area contributed by atoms with Gasteiger partial charge in [0.25, 0.3) is 5.91 Å². The summed E-state index contributed by atoms with van der Waals surface area (Å²) in [4.78, 5) is 37.6. The molecule has 0 unspecified atom stereocenters. The molecule has 158 valence electrons. The minimum atomic E-state index is -0.784. The van der Waals surface area contributed by atoms with Gasteiger partial charge in [0.2, 0.25) is 5.91 Å². The lowest BCUT2D eigenvalue weighted by atomic mass is 9.72. The Kier molecular flexibility index (Phi) is 6.72. The average Bonchev–Trinajstić information content (AvgIpc) is 2.77. The van der Waals surface area contributed by atoms with Crippen LogP contribution in [0.25, 0.3) is 0 Å². The van der Waals surface area contributed by atoms with Gasteiger partial charge >= 0.3 is 5.97 Å². The largest absolute Gasteiger partial charge is 0.484 e. The summed E-state index contributed by atoms with van der Waals surface area (Å²) in [5, 5.41) is 0. The number of hydrogen-bond acceptors (Lipinski definition) is 5. The first kappa shape index (κ1) is 21.4. The highest BCUT2D eigenvalue weighted by Gasteiger charge is 2.44. The quantitative estimate of drug-likeness (QED) is 0.706. The van der Waals surface area contributed by atoms with Crippen LogP contribution < -0.4 is 10.5 Å². The molecule has 1 saturated heterocycles. The molecule has 2 amide bonds. The summed E-state index contributed by atoms with van der Waals surface area (Å²) in [7, 11) is 0. The predicted octanol–water partition coefficient (Wildman–Crippen LogP) is 2.17. The molecule has 0 aliphatic carbocycles. The second-order valence-electron chi connectivity index (χ2n) is 7.43. The fourth-order valence-electron chi connectivity index (χ4n) is 3.74. The van der Waals surface area contributed by atoms with Crippen LogP contribution >= 0.6 is 0 Å². The van der Waals surface area contributed by atoms with E-state index in [9.17, 15) is 14.4 Å². The minimum absolute atomic E-state index is 0.0119. The van der Waals surface area contributed by atoms with E-state index < -0.39 is 11.3 Å². The monoisotopic (exact) mass is 410 g/mol. The first-order valence-electron chi connectivity index (χ1n) is 9.89. The highest BCUT2D eigenvalue weighted by Crippen LogP contribution is 2.37. The van der Waals surface area contributed by atoms with Crippen LogP contribution in [-0.4, -0.2) is 42.4 Å². The maximum atomic E-state index is 13.3. The molecule has 2 aromatic rings. The summed E-state index contributed by atoms with van der Waals surface area (Å²) in [6.45, 7) is 2.43. The van der Waals surface area contributed by atoms with E-state index in [4.69, 9.17) is 15.2 Å². The van der Waals surface area contributed by atoms with Crippen LogP contribution in [0.5, 0.6) is 5.75 Å². The third-order valence-electron chi connectivity index (χ3n) is 5.43. The van der Waals surface area contributed by atoms with Gasteiger partial charge in [-0.05, 0) is 36.1 Å². The molecule has 7 nitrogen and oxygen atoms in total. The number of carbonyl (C=O) groups excluding carboxylic acids is 3. The predicted molar refractivity (Wildman–Crippen MR) is 111 cm³/mol. The number of benzene rings is 2. The summed E-state index contributed by atoms with van der Waals surface area (Å²) in [5.74, 6) is -0.374. The number of carbonyl (C=O) groups is 3. The van der Waals surface area contributed by atoms with Crippen molar-refractivity contribution in [1.82, 2.24) is 4.90 Å². The van der Waals surface area contributed by atoms with Gasteiger partial charge in [0.1, 0.15) is 12.4 Å². The Bertz CT molecular complexity index is 905. The second kappa shape index (κ2) is 9.43. The molecule has 1 aliphatic heterocycles. The molecule has 0 atom stereocenters. The van der Waals surface area contributed by atoms with Gasteiger partial charge in [0.05, 0.1) is 5.41 Å². The van der Waals surface area contributed by atoms with Gasteiger partial charge in [0, 0.05) is 20.0 Å². The SMILES string of the molecule is CC(=O)N1CCC(C(=O)OCc2cccc(OCC(N)=O)c2)(c2ccccc2)CC1. The zero-order chi connectivity index (χ0) is 21.6. The number of amides is 2. The Balaban J connectivity index is 1.73. The summed E-state index contributed by atoms with van der Waals surface area (Å²) >= 11 is 0. The maximum absolute atomic E-state index is 13.3. The van der Waals surface area contributed by atoms with Gasteiger partial charge in [0.15, 0.2) is 6.61 Å². The van der Waals surface area contributed by atoms with Crippen LogP contribution in [0.2, 0.25) is 0 Å². The molecule has 0 bridgehead atoms.